The Morgan fingerprint density at radius 2 is 2.11 bits per heavy atom. The third-order valence-corrected chi connectivity index (χ3v) is 4.35. The smallest absolute Gasteiger partial charge is 0.224 e. The maximum atomic E-state index is 11.7. The van der Waals surface area contributed by atoms with E-state index in [0.717, 1.165) is 6.42 Å². The first kappa shape index (κ1) is 15.8. The summed E-state index contributed by atoms with van der Waals surface area (Å²) in [5.41, 5.74) is 6.02. The van der Waals surface area contributed by atoms with Crippen molar-refractivity contribution in [2.45, 2.75) is 19.8 Å². The third kappa shape index (κ3) is 4.43. The Kier molecular flexibility index (Phi) is 6.43. The van der Waals surface area contributed by atoms with Crippen LogP contribution in [-0.2, 0) is 4.79 Å². The molecule has 1 aromatic carbocycles. The van der Waals surface area contributed by atoms with Crippen molar-refractivity contribution in [3.05, 3.63) is 26.7 Å². The Bertz CT molecular complexity index is 440. The maximum Gasteiger partial charge on any atom is 0.224 e. The summed E-state index contributed by atoms with van der Waals surface area (Å²) in [5, 5.41) is 3.47. The zero-order valence-electron chi connectivity index (χ0n) is 9.97. The Morgan fingerprint density at radius 3 is 2.72 bits per heavy atom. The van der Waals surface area contributed by atoms with E-state index in [9.17, 15) is 4.79 Å². The van der Waals surface area contributed by atoms with Crippen LogP contribution >= 0.6 is 39.1 Å². The van der Waals surface area contributed by atoms with E-state index in [2.05, 4.69) is 21.2 Å². The second kappa shape index (κ2) is 7.34. The molecular weight excluding hydrogens is 339 g/mol. The molecule has 0 aliphatic rings. The lowest BCUT2D eigenvalue weighted by atomic mass is 10.1. The van der Waals surface area contributed by atoms with Gasteiger partial charge in [0.05, 0.1) is 15.7 Å². The summed E-state index contributed by atoms with van der Waals surface area (Å²) in [5.74, 6) is 0.246. The van der Waals surface area contributed by atoms with Crippen LogP contribution < -0.4 is 11.1 Å². The number of anilines is 1. The molecule has 6 heteroatoms. The van der Waals surface area contributed by atoms with Crippen LogP contribution in [0.3, 0.4) is 0 Å². The van der Waals surface area contributed by atoms with Crippen LogP contribution in [0.25, 0.3) is 0 Å². The van der Waals surface area contributed by atoms with Gasteiger partial charge in [0.2, 0.25) is 5.91 Å². The summed E-state index contributed by atoms with van der Waals surface area (Å²) < 4.78 is 0.698. The summed E-state index contributed by atoms with van der Waals surface area (Å²) in [6.07, 6.45) is 1.17. The lowest BCUT2D eigenvalue weighted by Gasteiger charge is -2.11. The van der Waals surface area contributed by atoms with Crippen LogP contribution in [-0.4, -0.2) is 12.5 Å². The minimum Gasteiger partial charge on any atom is -0.330 e. The van der Waals surface area contributed by atoms with Crippen molar-refractivity contribution in [1.82, 2.24) is 0 Å². The minimum atomic E-state index is -0.0874. The molecule has 0 fully saturated rings. The molecule has 0 aliphatic carbocycles. The molecule has 1 atom stereocenters. The zero-order chi connectivity index (χ0) is 13.7. The van der Waals surface area contributed by atoms with Crippen molar-refractivity contribution < 1.29 is 4.79 Å². The van der Waals surface area contributed by atoms with Gasteiger partial charge in [0.1, 0.15) is 0 Å². The fourth-order valence-electron chi connectivity index (χ4n) is 1.33. The molecule has 0 aromatic heterocycles. The van der Waals surface area contributed by atoms with E-state index in [1.807, 2.05) is 6.92 Å². The van der Waals surface area contributed by atoms with E-state index in [1.54, 1.807) is 12.1 Å². The third-order valence-electron chi connectivity index (χ3n) is 2.58. The fraction of sp³-hybridized carbons (Fsp3) is 0.417. The van der Waals surface area contributed by atoms with Crippen LogP contribution in [0.5, 0.6) is 0 Å². The molecule has 1 aromatic rings. The molecule has 100 valence electrons. The minimum absolute atomic E-state index is 0.0874. The van der Waals surface area contributed by atoms with Crippen molar-refractivity contribution in [3.8, 4) is 0 Å². The topological polar surface area (TPSA) is 55.1 Å². The zero-order valence-corrected chi connectivity index (χ0v) is 13.1. The van der Waals surface area contributed by atoms with Crippen LogP contribution in [0.15, 0.2) is 16.6 Å². The lowest BCUT2D eigenvalue weighted by molar-refractivity contribution is -0.116. The average molecular weight is 354 g/mol. The standard InChI is InChI=1S/C12H15BrCl2N2O/c1-7(6-16)2-5-10(18)17-9-4-3-8(13)11(14)12(9)15/h3-4,7H,2,5-6,16H2,1H3,(H,17,18). The van der Waals surface area contributed by atoms with Gasteiger partial charge < -0.3 is 11.1 Å². The second-order valence-corrected chi connectivity index (χ2v) is 5.76. The van der Waals surface area contributed by atoms with Crippen molar-refractivity contribution in [1.29, 1.82) is 0 Å². The molecule has 3 N–H and O–H groups in total. The van der Waals surface area contributed by atoms with E-state index in [4.69, 9.17) is 28.9 Å². The van der Waals surface area contributed by atoms with Gasteiger partial charge in [-0.05, 0) is 46.9 Å². The summed E-state index contributed by atoms with van der Waals surface area (Å²) in [6.45, 7) is 2.59. The molecule has 0 aliphatic heterocycles. The van der Waals surface area contributed by atoms with E-state index in [1.165, 1.54) is 0 Å². The molecule has 1 amide bonds. The van der Waals surface area contributed by atoms with Gasteiger partial charge >= 0.3 is 0 Å². The normalized spacial score (nSPS) is 12.3. The molecule has 0 heterocycles. The van der Waals surface area contributed by atoms with Gasteiger partial charge in [0.15, 0.2) is 0 Å². The Labute approximate surface area is 125 Å². The molecule has 18 heavy (non-hydrogen) atoms. The van der Waals surface area contributed by atoms with Gasteiger partial charge in [-0.2, -0.15) is 0 Å². The monoisotopic (exact) mass is 352 g/mol. The number of halogens is 3. The molecule has 0 bridgehead atoms. The molecular formula is C12H15BrCl2N2O. The van der Waals surface area contributed by atoms with Crippen LogP contribution in [0.2, 0.25) is 10.0 Å². The lowest BCUT2D eigenvalue weighted by Crippen LogP contribution is -2.16. The highest BCUT2D eigenvalue weighted by Gasteiger charge is 2.11. The molecule has 1 unspecified atom stereocenters. The van der Waals surface area contributed by atoms with Gasteiger partial charge in [0.25, 0.3) is 0 Å². The highest BCUT2D eigenvalue weighted by molar-refractivity contribution is 9.10. The largest absolute Gasteiger partial charge is 0.330 e. The molecule has 0 radical (unpaired) electrons. The van der Waals surface area contributed by atoms with Gasteiger partial charge in [-0.3, -0.25) is 4.79 Å². The Morgan fingerprint density at radius 1 is 1.44 bits per heavy atom. The summed E-state index contributed by atoms with van der Waals surface area (Å²) in [7, 11) is 0. The number of hydrogen-bond acceptors (Lipinski definition) is 2. The summed E-state index contributed by atoms with van der Waals surface area (Å²) in [6, 6.07) is 3.45. The number of benzene rings is 1. The SMILES string of the molecule is CC(CN)CCC(=O)Nc1ccc(Br)c(Cl)c1Cl. The number of amides is 1. The predicted octanol–water partition coefficient (Wildman–Crippen LogP) is 4.07. The van der Waals surface area contributed by atoms with Crippen molar-refractivity contribution >= 4 is 50.7 Å². The first-order chi connectivity index (χ1) is 8.45. The first-order valence-electron chi connectivity index (χ1n) is 5.59. The van der Waals surface area contributed by atoms with Crippen molar-refractivity contribution in [2.24, 2.45) is 11.7 Å². The summed E-state index contributed by atoms with van der Waals surface area (Å²) >= 11 is 15.3. The number of nitrogens with two attached hydrogens (primary N) is 1. The number of hydrogen-bond donors (Lipinski definition) is 2. The van der Waals surface area contributed by atoms with Gasteiger partial charge in [-0.15, -0.1) is 0 Å². The number of carbonyl (C=O) groups is 1. The molecule has 3 nitrogen and oxygen atoms in total. The van der Waals surface area contributed by atoms with E-state index >= 15 is 0 Å². The predicted molar refractivity (Wildman–Crippen MR) is 80.2 cm³/mol. The fourth-order valence-corrected chi connectivity index (χ4v) is 2.15. The summed E-state index contributed by atoms with van der Waals surface area (Å²) in [4.78, 5) is 11.7. The van der Waals surface area contributed by atoms with Crippen molar-refractivity contribution in [2.75, 3.05) is 11.9 Å². The number of carbonyl (C=O) groups excluding carboxylic acids is 1. The Hall–Kier alpha value is -0.290. The highest BCUT2D eigenvalue weighted by Crippen LogP contribution is 2.35. The Balaban J connectivity index is 2.63. The van der Waals surface area contributed by atoms with E-state index < -0.39 is 0 Å². The van der Waals surface area contributed by atoms with Crippen LogP contribution in [0.4, 0.5) is 5.69 Å². The number of nitrogens with one attached hydrogen (secondary N) is 1. The molecule has 1 rings (SSSR count). The van der Waals surface area contributed by atoms with Gasteiger partial charge in [-0.1, -0.05) is 30.1 Å². The molecule has 0 saturated carbocycles. The van der Waals surface area contributed by atoms with Crippen LogP contribution in [0.1, 0.15) is 19.8 Å². The maximum absolute atomic E-state index is 11.7. The highest BCUT2D eigenvalue weighted by atomic mass is 79.9. The van der Waals surface area contributed by atoms with E-state index in [-0.39, 0.29) is 5.91 Å². The second-order valence-electron chi connectivity index (χ2n) is 4.15. The van der Waals surface area contributed by atoms with Crippen molar-refractivity contribution in [3.63, 3.8) is 0 Å². The average Bonchev–Trinajstić information content (AvgIpc) is 2.36. The van der Waals surface area contributed by atoms with Gasteiger partial charge in [0, 0.05) is 10.9 Å². The van der Waals surface area contributed by atoms with Gasteiger partial charge in [-0.25, -0.2) is 0 Å². The first-order valence-corrected chi connectivity index (χ1v) is 7.14. The number of rotatable bonds is 5. The molecule has 0 saturated heterocycles. The van der Waals surface area contributed by atoms with E-state index in [0.29, 0.717) is 39.1 Å². The molecule has 0 spiro atoms. The van der Waals surface area contributed by atoms with Crippen LogP contribution in [0, 0.1) is 5.92 Å². The quantitative estimate of drug-likeness (QED) is 0.784.